The Morgan fingerprint density at radius 3 is 2.56 bits per heavy atom. The Kier molecular flexibility index (Phi) is 6.35. The van der Waals surface area contributed by atoms with E-state index in [9.17, 15) is 18.0 Å². The fourth-order valence-corrected chi connectivity index (χ4v) is 6.02. The van der Waals surface area contributed by atoms with Gasteiger partial charge in [0.05, 0.1) is 4.90 Å². The van der Waals surface area contributed by atoms with Crippen molar-refractivity contribution in [3.05, 3.63) is 53.6 Å². The number of benzene rings is 2. The number of anilines is 2. The molecule has 170 valence electrons. The molecule has 1 fully saturated rings. The number of carbonyl (C=O) groups is 2. The lowest BCUT2D eigenvalue weighted by atomic mass is 10.0. The van der Waals surface area contributed by atoms with Crippen molar-refractivity contribution in [1.82, 2.24) is 4.31 Å². The summed E-state index contributed by atoms with van der Waals surface area (Å²) in [6, 6.07) is 11.7. The zero-order chi connectivity index (χ0) is 22.9. The van der Waals surface area contributed by atoms with Crippen LogP contribution < -0.4 is 10.6 Å². The molecule has 4 rings (SSSR count). The van der Waals surface area contributed by atoms with Gasteiger partial charge in [0, 0.05) is 24.3 Å². The summed E-state index contributed by atoms with van der Waals surface area (Å²) in [5.41, 5.74) is 3.30. The second-order valence-electron chi connectivity index (χ2n) is 8.76. The number of carbonyl (C=O) groups excluding carboxylic acids is 2. The predicted octanol–water partition coefficient (Wildman–Crippen LogP) is 3.88. The van der Waals surface area contributed by atoms with Crippen LogP contribution in [0.15, 0.2) is 47.4 Å². The van der Waals surface area contributed by atoms with E-state index in [4.69, 9.17) is 0 Å². The van der Waals surface area contributed by atoms with Crippen LogP contribution in [0, 0.1) is 0 Å². The summed E-state index contributed by atoms with van der Waals surface area (Å²) in [6.45, 7) is 4.51. The zero-order valence-corrected chi connectivity index (χ0v) is 19.2. The van der Waals surface area contributed by atoms with Crippen molar-refractivity contribution in [3.8, 4) is 0 Å². The van der Waals surface area contributed by atoms with Crippen LogP contribution in [0.2, 0.25) is 0 Å². The first-order valence-electron chi connectivity index (χ1n) is 11.1. The van der Waals surface area contributed by atoms with Gasteiger partial charge in [0.2, 0.25) is 21.8 Å². The Balaban J connectivity index is 1.53. The van der Waals surface area contributed by atoms with Crippen molar-refractivity contribution < 1.29 is 18.0 Å². The Morgan fingerprint density at radius 1 is 1.09 bits per heavy atom. The van der Waals surface area contributed by atoms with Gasteiger partial charge in [-0.15, -0.1) is 0 Å². The normalized spacial score (nSPS) is 19.3. The molecule has 0 unspecified atom stereocenters. The van der Waals surface area contributed by atoms with Crippen LogP contribution in [-0.4, -0.2) is 37.1 Å². The number of aryl methyl sites for hydroxylation is 1. The molecule has 2 heterocycles. The standard InChI is InChI=1S/C24H29N3O4S/c1-16(2)17-8-10-19(11-9-17)25-24(29)22-6-4-14-27(22)32(30,31)20-12-13-21-18(15-20)5-3-7-23(28)26-21/h8-13,15-16,22H,3-7,14H2,1-2H3,(H,25,29)(H,26,28)/t22-/m1/s1. The topological polar surface area (TPSA) is 95.6 Å². The van der Waals surface area contributed by atoms with Gasteiger partial charge in [-0.05, 0) is 73.1 Å². The van der Waals surface area contributed by atoms with Gasteiger partial charge in [0.1, 0.15) is 6.04 Å². The second-order valence-corrected chi connectivity index (χ2v) is 10.7. The molecule has 32 heavy (non-hydrogen) atoms. The van der Waals surface area contributed by atoms with Crippen molar-refractivity contribution in [2.24, 2.45) is 0 Å². The number of nitrogens with zero attached hydrogens (tertiary/aromatic N) is 1. The monoisotopic (exact) mass is 455 g/mol. The van der Waals surface area contributed by atoms with Gasteiger partial charge >= 0.3 is 0 Å². The van der Waals surface area contributed by atoms with E-state index in [2.05, 4.69) is 24.5 Å². The highest BCUT2D eigenvalue weighted by molar-refractivity contribution is 7.89. The second kappa shape index (κ2) is 9.03. The molecule has 2 aromatic rings. The summed E-state index contributed by atoms with van der Waals surface area (Å²) in [5, 5.41) is 5.70. The maximum atomic E-state index is 13.4. The lowest BCUT2D eigenvalue weighted by molar-refractivity contribution is -0.119. The molecule has 2 amide bonds. The van der Waals surface area contributed by atoms with Gasteiger partial charge in [-0.3, -0.25) is 9.59 Å². The molecule has 0 radical (unpaired) electrons. The predicted molar refractivity (Wildman–Crippen MR) is 124 cm³/mol. The molecule has 2 aromatic carbocycles. The van der Waals surface area contributed by atoms with Gasteiger partial charge in [-0.2, -0.15) is 4.31 Å². The number of sulfonamides is 1. The molecule has 0 aliphatic carbocycles. The highest BCUT2D eigenvalue weighted by Gasteiger charge is 2.39. The Labute approximate surface area is 189 Å². The molecule has 0 spiro atoms. The van der Waals surface area contributed by atoms with Crippen LogP contribution in [0.3, 0.4) is 0 Å². The number of nitrogens with one attached hydrogen (secondary N) is 2. The van der Waals surface area contributed by atoms with Crippen molar-refractivity contribution in [3.63, 3.8) is 0 Å². The summed E-state index contributed by atoms with van der Waals surface area (Å²) in [7, 11) is -3.84. The van der Waals surface area contributed by atoms with Gasteiger partial charge in [-0.25, -0.2) is 8.42 Å². The number of amides is 2. The maximum Gasteiger partial charge on any atom is 0.243 e. The average molecular weight is 456 g/mol. The van der Waals surface area contributed by atoms with E-state index in [1.807, 2.05) is 24.3 Å². The van der Waals surface area contributed by atoms with Crippen LogP contribution in [0.5, 0.6) is 0 Å². The molecule has 8 heteroatoms. The first-order chi connectivity index (χ1) is 15.3. The quantitative estimate of drug-likeness (QED) is 0.715. The van der Waals surface area contributed by atoms with Gasteiger partial charge in [-0.1, -0.05) is 26.0 Å². The molecule has 0 bridgehead atoms. The number of rotatable bonds is 5. The zero-order valence-electron chi connectivity index (χ0n) is 18.4. The minimum Gasteiger partial charge on any atom is -0.326 e. The van der Waals surface area contributed by atoms with E-state index >= 15 is 0 Å². The number of fused-ring (bicyclic) bond motifs is 1. The van der Waals surface area contributed by atoms with E-state index in [0.717, 1.165) is 5.56 Å². The highest BCUT2D eigenvalue weighted by atomic mass is 32.2. The molecule has 2 aliphatic heterocycles. The summed E-state index contributed by atoms with van der Waals surface area (Å²) in [6.07, 6.45) is 2.84. The van der Waals surface area contributed by atoms with E-state index in [1.54, 1.807) is 12.1 Å². The van der Waals surface area contributed by atoms with Gasteiger partial charge < -0.3 is 10.6 Å². The molecule has 2 aliphatic rings. The number of hydrogen-bond acceptors (Lipinski definition) is 4. The summed E-state index contributed by atoms with van der Waals surface area (Å²) in [5.74, 6) is 0.0203. The van der Waals surface area contributed by atoms with Crippen molar-refractivity contribution >= 4 is 33.2 Å². The Bertz CT molecular complexity index is 1130. The van der Waals surface area contributed by atoms with Crippen molar-refractivity contribution in [2.75, 3.05) is 17.2 Å². The van der Waals surface area contributed by atoms with Crippen molar-refractivity contribution in [1.29, 1.82) is 0 Å². The van der Waals surface area contributed by atoms with Gasteiger partial charge in [0.15, 0.2) is 0 Å². The van der Waals surface area contributed by atoms with E-state index in [-0.39, 0.29) is 16.7 Å². The lowest BCUT2D eigenvalue weighted by Crippen LogP contribution is -2.43. The summed E-state index contributed by atoms with van der Waals surface area (Å²) >= 11 is 0. The third-order valence-corrected chi connectivity index (χ3v) is 8.06. The first-order valence-corrected chi connectivity index (χ1v) is 12.5. The lowest BCUT2D eigenvalue weighted by Gasteiger charge is -2.24. The van der Waals surface area contributed by atoms with E-state index in [0.29, 0.717) is 55.9 Å². The van der Waals surface area contributed by atoms with Crippen LogP contribution >= 0.6 is 0 Å². The third-order valence-electron chi connectivity index (χ3n) is 6.16. The van der Waals surface area contributed by atoms with Crippen LogP contribution in [0.25, 0.3) is 0 Å². The molecule has 7 nitrogen and oxygen atoms in total. The molecule has 1 saturated heterocycles. The minimum atomic E-state index is -3.84. The highest BCUT2D eigenvalue weighted by Crippen LogP contribution is 2.31. The summed E-state index contributed by atoms with van der Waals surface area (Å²) < 4.78 is 28.1. The smallest absolute Gasteiger partial charge is 0.243 e. The fourth-order valence-electron chi connectivity index (χ4n) is 4.31. The van der Waals surface area contributed by atoms with E-state index < -0.39 is 16.1 Å². The molecule has 1 atom stereocenters. The molecular formula is C24H29N3O4S. The number of hydrogen-bond donors (Lipinski definition) is 2. The average Bonchev–Trinajstić information content (AvgIpc) is 3.18. The molecule has 2 N–H and O–H groups in total. The minimum absolute atomic E-state index is 0.0583. The largest absolute Gasteiger partial charge is 0.326 e. The molecule has 0 aromatic heterocycles. The van der Waals surface area contributed by atoms with Crippen LogP contribution in [0.1, 0.15) is 56.6 Å². The SMILES string of the molecule is CC(C)c1ccc(NC(=O)[C@H]2CCCN2S(=O)(=O)c2ccc3c(c2)CCCC(=O)N3)cc1. The maximum absolute atomic E-state index is 13.4. The first kappa shape index (κ1) is 22.5. The van der Waals surface area contributed by atoms with Crippen LogP contribution in [-0.2, 0) is 26.0 Å². The Hall–Kier alpha value is -2.71. The van der Waals surface area contributed by atoms with Crippen molar-refractivity contribution in [2.45, 2.75) is 62.8 Å². The van der Waals surface area contributed by atoms with Gasteiger partial charge in [0.25, 0.3) is 0 Å². The third kappa shape index (κ3) is 4.56. The fraction of sp³-hybridized carbons (Fsp3) is 0.417. The summed E-state index contributed by atoms with van der Waals surface area (Å²) in [4.78, 5) is 24.9. The van der Waals surface area contributed by atoms with Crippen LogP contribution in [0.4, 0.5) is 11.4 Å². The molecular weight excluding hydrogens is 426 g/mol. The Morgan fingerprint density at radius 2 is 1.84 bits per heavy atom. The molecule has 0 saturated carbocycles. The van der Waals surface area contributed by atoms with E-state index in [1.165, 1.54) is 15.9 Å².